The van der Waals surface area contributed by atoms with Gasteiger partial charge in [0.1, 0.15) is 6.04 Å². The first-order valence-electron chi connectivity index (χ1n) is 6.68. The zero-order valence-electron chi connectivity index (χ0n) is 11.7. The maximum atomic E-state index is 11.7. The van der Waals surface area contributed by atoms with Crippen LogP contribution in [0.3, 0.4) is 0 Å². The van der Waals surface area contributed by atoms with Gasteiger partial charge in [0.05, 0.1) is 13.5 Å². The SMILES string of the molecule is COC(=O)Cc1ccc(CN2C(=O)CCC2C(=O)O)cc1. The molecule has 1 N–H and O–H groups in total. The van der Waals surface area contributed by atoms with E-state index >= 15 is 0 Å². The Kier molecular flexibility index (Phi) is 4.57. The number of rotatable bonds is 5. The minimum atomic E-state index is -0.969. The van der Waals surface area contributed by atoms with Gasteiger partial charge in [-0.15, -0.1) is 0 Å². The summed E-state index contributed by atoms with van der Waals surface area (Å²) in [5.74, 6) is -1.42. The highest BCUT2D eigenvalue weighted by atomic mass is 16.5. The molecule has 1 saturated heterocycles. The van der Waals surface area contributed by atoms with Crippen LogP contribution in [0.2, 0.25) is 0 Å². The van der Waals surface area contributed by atoms with Crippen molar-refractivity contribution >= 4 is 17.8 Å². The number of hydrogen-bond acceptors (Lipinski definition) is 4. The second-order valence-electron chi connectivity index (χ2n) is 4.98. The predicted octanol–water partition coefficient (Wildman–Crippen LogP) is 0.978. The second-order valence-corrected chi connectivity index (χ2v) is 4.98. The zero-order valence-corrected chi connectivity index (χ0v) is 11.7. The highest BCUT2D eigenvalue weighted by Crippen LogP contribution is 2.21. The van der Waals surface area contributed by atoms with Crippen molar-refractivity contribution in [1.82, 2.24) is 4.90 Å². The lowest BCUT2D eigenvalue weighted by atomic mass is 10.1. The summed E-state index contributed by atoms with van der Waals surface area (Å²) in [5, 5.41) is 9.10. The first-order chi connectivity index (χ1) is 10.0. The van der Waals surface area contributed by atoms with Crippen LogP contribution < -0.4 is 0 Å². The molecule has 0 aliphatic carbocycles. The van der Waals surface area contributed by atoms with Gasteiger partial charge in [0.15, 0.2) is 0 Å². The van der Waals surface area contributed by atoms with E-state index in [1.807, 2.05) is 0 Å². The van der Waals surface area contributed by atoms with Gasteiger partial charge in [0.25, 0.3) is 0 Å². The van der Waals surface area contributed by atoms with Gasteiger partial charge in [-0.25, -0.2) is 4.79 Å². The molecule has 0 radical (unpaired) electrons. The van der Waals surface area contributed by atoms with Gasteiger partial charge in [-0.3, -0.25) is 9.59 Å². The number of methoxy groups -OCH3 is 1. The molecule has 112 valence electrons. The number of esters is 1. The number of carboxylic acid groups (broad SMARTS) is 1. The summed E-state index contributed by atoms with van der Waals surface area (Å²) in [6, 6.07) is 6.41. The van der Waals surface area contributed by atoms with E-state index in [1.54, 1.807) is 24.3 Å². The summed E-state index contributed by atoms with van der Waals surface area (Å²) in [4.78, 5) is 35.4. The number of nitrogens with zero attached hydrogens (tertiary/aromatic N) is 1. The Hall–Kier alpha value is -2.37. The molecule has 1 unspecified atom stereocenters. The van der Waals surface area contributed by atoms with Crippen molar-refractivity contribution in [3.05, 3.63) is 35.4 Å². The number of likely N-dealkylation sites (tertiary alicyclic amines) is 1. The molecule has 0 aromatic heterocycles. The molecule has 1 aromatic rings. The Morgan fingerprint density at radius 3 is 2.48 bits per heavy atom. The van der Waals surface area contributed by atoms with Crippen molar-refractivity contribution in [2.75, 3.05) is 7.11 Å². The molecule has 1 aliphatic heterocycles. The van der Waals surface area contributed by atoms with Crippen LogP contribution in [-0.2, 0) is 32.1 Å². The average molecular weight is 291 g/mol. The molecule has 1 fully saturated rings. The third-order valence-corrected chi connectivity index (χ3v) is 3.57. The van der Waals surface area contributed by atoms with Crippen LogP contribution in [0.5, 0.6) is 0 Å². The van der Waals surface area contributed by atoms with E-state index in [-0.39, 0.29) is 31.3 Å². The molecule has 1 aromatic carbocycles. The Morgan fingerprint density at radius 2 is 1.90 bits per heavy atom. The van der Waals surface area contributed by atoms with Crippen molar-refractivity contribution < 1.29 is 24.2 Å². The minimum absolute atomic E-state index is 0.138. The van der Waals surface area contributed by atoms with E-state index in [1.165, 1.54) is 12.0 Å². The van der Waals surface area contributed by atoms with Crippen molar-refractivity contribution in [3.63, 3.8) is 0 Å². The number of carboxylic acids is 1. The standard InChI is InChI=1S/C15H17NO5/c1-21-14(18)8-10-2-4-11(5-3-10)9-16-12(15(19)20)6-7-13(16)17/h2-5,12H,6-9H2,1H3,(H,19,20). The van der Waals surface area contributed by atoms with Crippen LogP contribution in [0.4, 0.5) is 0 Å². The van der Waals surface area contributed by atoms with Crippen molar-refractivity contribution in [2.45, 2.75) is 31.8 Å². The molecule has 21 heavy (non-hydrogen) atoms. The molecule has 1 atom stereocenters. The summed E-state index contributed by atoms with van der Waals surface area (Å²) in [6.45, 7) is 0.272. The number of carbonyl (C=O) groups excluding carboxylic acids is 2. The highest BCUT2D eigenvalue weighted by molar-refractivity contribution is 5.87. The predicted molar refractivity (Wildman–Crippen MR) is 73.4 cm³/mol. The Morgan fingerprint density at radius 1 is 1.29 bits per heavy atom. The molecule has 6 heteroatoms. The lowest BCUT2D eigenvalue weighted by molar-refractivity contribution is -0.146. The van der Waals surface area contributed by atoms with Crippen LogP contribution >= 0.6 is 0 Å². The number of aliphatic carboxylic acids is 1. The summed E-state index contributed by atoms with van der Waals surface area (Å²) in [6.07, 6.45) is 0.823. The smallest absolute Gasteiger partial charge is 0.326 e. The van der Waals surface area contributed by atoms with Crippen LogP contribution in [0.15, 0.2) is 24.3 Å². The monoisotopic (exact) mass is 291 g/mol. The zero-order chi connectivity index (χ0) is 15.4. The lowest BCUT2D eigenvalue weighted by Gasteiger charge is -2.21. The summed E-state index contributed by atoms with van der Waals surface area (Å²) in [5.41, 5.74) is 1.65. The molecule has 0 spiro atoms. The molecular formula is C15H17NO5. The van der Waals surface area contributed by atoms with Gasteiger partial charge >= 0.3 is 11.9 Å². The Balaban J connectivity index is 2.04. The highest BCUT2D eigenvalue weighted by Gasteiger charge is 2.35. The number of amides is 1. The second kappa shape index (κ2) is 6.39. The molecule has 1 heterocycles. The van der Waals surface area contributed by atoms with Crippen LogP contribution in [0, 0.1) is 0 Å². The fraction of sp³-hybridized carbons (Fsp3) is 0.400. The maximum absolute atomic E-state index is 11.7. The lowest BCUT2D eigenvalue weighted by Crippen LogP contribution is -2.37. The van der Waals surface area contributed by atoms with E-state index < -0.39 is 12.0 Å². The van der Waals surface area contributed by atoms with Crippen LogP contribution in [0.25, 0.3) is 0 Å². The van der Waals surface area contributed by atoms with E-state index in [9.17, 15) is 14.4 Å². The first kappa shape index (κ1) is 15.0. The van der Waals surface area contributed by atoms with Gasteiger partial charge in [-0.05, 0) is 17.5 Å². The molecule has 2 rings (SSSR count). The van der Waals surface area contributed by atoms with Gasteiger partial charge in [0.2, 0.25) is 5.91 Å². The van der Waals surface area contributed by atoms with Gasteiger partial charge in [-0.1, -0.05) is 24.3 Å². The largest absolute Gasteiger partial charge is 0.480 e. The van der Waals surface area contributed by atoms with Crippen molar-refractivity contribution in [2.24, 2.45) is 0 Å². The molecule has 6 nitrogen and oxygen atoms in total. The third kappa shape index (κ3) is 3.59. The Bertz CT molecular complexity index is 552. The van der Waals surface area contributed by atoms with E-state index in [0.29, 0.717) is 6.42 Å². The number of benzene rings is 1. The number of hydrogen-bond donors (Lipinski definition) is 1. The molecule has 0 bridgehead atoms. The fourth-order valence-corrected chi connectivity index (χ4v) is 2.39. The first-order valence-corrected chi connectivity index (χ1v) is 6.68. The van der Waals surface area contributed by atoms with E-state index in [0.717, 1.165) is 11.1 Å². The van der Waals surface area contributed by atoms with Gasteiger partial charge in [-0.2, -0.15) is 0 Å². The molecule has 1 aliphatic rings. The summed E-state index contributed by atoms with van der Waals surface area (Å²) in [7, 11) is 1.34. The normalized spacial score (nSPS) is 17.9. The fourth-order valence-electron chi connectivity index (χ4n) is 2.39. The van der Waals surface area contributed by atoms with Crippen LogP contribution in [0.1, 0.15) is 24.0 Å². The average Bonchev–Trinajstić information content (AvgIpc) is 2.82. The van der Waals surface area contributed by atoms with Crippen molar-refractivity contribution in [3.8, 4) is 0 Å². The number of ether oxygens (including phenoxy) is 1. The molecule has 0 saturated carbocycles. The third-order valence-electron chi connectivity index (χ3n) is 3.57. The van der Waals surface area contributed by atoms with Gasteiger partial charge in [0, 0.05) is 13.0 Å². The van der Waals surface area contributed by atoms with E-state index in [4.69, 9.17) is 5.11 Å². The minimum Gasteiger partial charge on any atom is -0.480 e. The maximum Gasteiger partial charge on any atom is 0.326 e. The summed E-state index contributed by atoms with van der Waals surface area (Å²) < 4.78 is 4.59. The Labute approximate surface area is 122 Å². The van der Waals surface area contributed by atoms with E-state index in [2.05, 4.69) is 4.74 Å². The number of carbonyl (C=O) groups is 3. The topological polar surface area (TPSA) is 83.9 Å². The quantitative estimate of drug-likeness (QED) is 0.817. The molecule has 1 amide bonds. The van der Waals surface area contributed by atoms with Crippen LogP contribution in [-0.4, -0.2) is 41.0 Å². The van der Waals surface area contributed by atoms with Gasteiger partial charge < -0.3 is 14.7 Å². The van der Waals surface area contributed by atoms with Crippen molar-refractivity contribution in [1.29, 1.82) is 0 Å². The molecular weight excluding hydrogens is 274 g/mol. The summed E-state index contributed by atoms with van der Waals surface area (Å²) >= 11 is 0.